The molecule has 1 heterocycles. The average molecular weight is 352 g/mol. The molecule has 2 amide bonds. The number of carbonyl (C=O) groups is 2. The van der Waals surface area contributed by atoms with Crippen molar-refractivity contribution in [3.8, 4) is 0 Å². The Labute approximate surface area is 149 Å². The lowest BCUT2D eigenvalue weighted by molar-refractivity contribution is -0.131. The van der Waals surface area contributed by atoms with Crippen LogP contribution in [0.1, 0.15) is 36.5 Å². The van der Waals surface area contributed by atoms with E-state index in [0.717, 1.165) is 39.0 Å². The second-order valence-electron chi connectivity index (χ2n) is 6.04. The molecule has 24 heavy (non-hydrogen) atoms. The summed E-state index contributed by atoms with van der Waals surface area (Å²) < 4.78 is 0. The number of benzene rings is 1. The molecule has 0 bridgehead atoms. The van der Waals surface area contributed by atoms with Gasteiger partial charge in [0.2, 0.25) is 5.91 Å². The maximum atomic E-state index is 12.7. The first-order chi connectivity index (χ1) is 11.6. The van der Waals surface area contributed by atoms with Crippen molar-refractivity contribution in [2.75, 3.05) is 39.3 Å². The predicted octanol–water partition coefficient (Wildman–Crippen LogP) is 2.40. The lowest BCUT2D eigenvalue weighted by atomic mass is 10.1. The molecule has 1 saturated heterocycles. The van der Waals surface area contributed by atoms with Crippen molar-refractivity contribution in [1.29, 1.82) is 0 Å². The van der Waals surface area contributed by atoms with Crippen LogP contribution in [-0.4, -0.2) is 60.9 Å². The van der Waals surface area contributed by atoms with Crippen LogP contribution in [0.2, 0.25) is 5.02 Å². The highest BCUT2D eigenvalue weighted by Crippen LogP contribution is 2.14. The minimum Gasteiger partial charge on any atom is -0.340 e. The second kappa shape index (κ2) is 9.64. The Morgan fingerprint density at radius 3 is 2.67 bits per heavy atom. The summed E-state index contributed by atoms with van der Waals surface area (Å²) >= 11 is 5.99. The van der Waals surface area contributed by atoms with Gasteiger partial charge in [-0.05, 0) is 24.6 Å². The van der Waals surface area contributed by atoms with Crippen molar-refractivity contribution in [1.82, 2.24) is 15.1 Å². The minimum absolute atomic E-state index is 0.0564. The van der Waals surface area contributed by atoms with Crippen molar-refractivity contribution in [2.24, 2.45) is 0 Å². The number of hydrogen-bond acceptors (Lipinski definition) is 3. The van der Waals surface area contributed by atoms with Crippen LogP contribution in [0.5, 0.6) is 0 Å². The number of unbranched alkanes of at least 4 members (excludes halogenated alkanes) is 1. The number of hydrogen-bond donors (Lipinski definition) is 1. The Balaban J connectivity index is 1.96. The number of halogens is 1. The van der Waals surface area contributed by atoms with E-state index in [2.05, 4.69) is 12.2 Å². The molecular formula is C18H26ClN3O2. The zero-order valence-electron chi connectivity index (χ0n) is 14.3. The summed E-state index contributed by atoms with van der Waals surface area (Å²) in [5, 5.41) is 3.79. The summed E-state index contributed by atoms with van der Waals surface area (Å²) in [6.07, 6.45) is 2.30. The van der Waals surface area contributed by atoms with E-state index in [1.807, 2.05) is 4.90 Å². The molecule has 1 aromatic rings. The van der Waals surface area contributed by atoms with Gasteiger partial charge in [-0.25, -0.2) is 0 Å². The molecule has 132 valence electrons. The van der Waals surface area contributed by atoms with Gasteiger partial charge in [-0.1, -0.05) is 31.0 Å². The van der Waals surface area contributed by atoms with E-state index in [9.17, 15) is 9.59 Å². The first-order valence-electron chi connectivity index (χ1n) is 8.65. The van der Waals surface area contributed by atoms with Gasteiger partial charge in [0.05, 0.1) is 0 Å². The fraction of sp³-hybridized carbons (Fsp3) is 0.556. The first-order valence-corrected chi connectivity index (χ1v) is 9.03. The zero-order chi connectivity index (χ0) is 17.4. The van der Waals surface area contributed by atoms with E-state index >= 15 is 0 Å². The second-order valence-corrected chi connectivity index (χ2v) is 6.47. The lowest BCUT2D eigenvalue weighted by Crippen LogP contribution is -2.47. The van der Waals surface area contributed by atoms with Gasteiger partial charge in [0.15, 0.2) is 0 Å². The molecule has 0 radical (unpaired) electrons. The third-order valence-electron chi connectivity index (χ3n) is 4.21. The van der Waals surface area contributed by atoms with Crippen molar-refractivity contribution < 1.29 is 9.59 Å². The summed E-state index contributed by atoms with van der Waals surface area (Å²) in [5.41, 5.74) is 0.577. The lowest BCUT2D eigenvalue weighted by Gasteiger charge is -2.29. The monoisotopic (exact) mass is 351 g/mol. The highest BCUT2D eigenvalue weighted by atomic mass is 35.5. The van der Waals surface area contributed by atoms with Gasteiger partial charge in [-0.2, -0.15) is 0 Å². The van der Waals surface area contributed by atoms with Crippen LogP contribution in [-0.2, 0) is 4.79 Å². The molecular weight excluding hydrogens is 326 g/mol. The molecule has 0 atom stereocenters. The van der Waals surface area contributed by atoms with Crippen molar-refractivity contribution in [2.45, 2.75) is 26.2 Å². The van der Waals surface area contributed by atoms with Gasteiger partial charge in [0.1, 0.15) is 0 Å². The third kappa shape index (κ3) is 5.49. The molecule has 0 saturated carbocycles. The predicted molar refractivity (Wildman–Crippen MR) is 96.3 cm³/mol. The van der Waals surface area contributed by atoms with Crippen molar-refractivity contribution in [3.63, 3.8) is 0 Å². The SMILES string of the molecule is CCCCN(CCC(=O)N1CCNCC1)C(=O)c1cccc(Cl)c1. The van der Waals surface area contributed by atoms with E-state index < -0.39 is 0 Å². The maximum absolute atomic E-state index is 12.7. The maximum Gasteiger partial charge on any atom is 0.253 e. The Morgan fingerprint density at radius 1 is 1.25 bits per heavy atom. The van der Waals surface area contributed by atoms with Crippen LogP contribution >= 0.6 is 11.6 Å². The molecule has 0 spiro atoms. The quantitative estimate of drug-likeness (QED) is 0.820. The largest absolute Gasteiger partial charge is 0.340 e. The normalized spacial score (nSPS) is 14.5. The van der Waals surface area contributed by atoms with Crippen LogP contribution in [0.15, 0.2) is 24.3 Å². The molecule has 1 aliphatic rings. The number of carbonyl (C=O) groups excluding carboxylic acids is 2. The van der Waals surface area contributed by atoms with Crippen LogP contribution < -0.4 is 5.32 Å². The van der Waals surface area contributed by atoms with Gasteiger partial charge in [0, 0.05) is 56.3 Å². The van der Waals surface area contributed by atoms with Gasteiger partial charge in [-0.3, -0.25) is 9.59 Å². The Kier molecular flexibility index (Phi) is 7.53. The molecule has 6 heteroatoms. The van der Waals surface area contributed by atoms with E-state index in [1.54, 1.807) is 29.2 Å². The molecule has 1 aromatic carbocycles. The zero-order valence-corrected chi connectivity index (χ0v) is 15.0. The minimum atomic E-state index is -0.0564. The van der Waals surface area contributed by atoms with Gasteiger partial charge < -0.3 is 15.1 Å². The molecule has 1 fully saturated rings. The Morgan fingerprint density at radius 2 is 2.00 bits per heavy atom. The number of nitrogens with zero attached hydrogens (tertiary/aromatic N) is 2. The van der Waals surface area contributed by atoms with Gasteiger partial charge in [-0.15, -0.1) is 0 Å². The summed E-state index contributed by atoms with van der Waals surface area (Å²) in [6, 6.07) is 6.98. The molecule has 5 nitrogen and oxygen atoms in total. The fourth-order valence-electron chi connectivity index (χ4n) is 2.77. The molecule has 0 aromatic heterocycles. The van der Waals surface area contributed by atoms with Crippen LogP contribution in [0, 0.1) is 0 Å². The molecule has 0 aliphatic carbocycles. The molecule has 2 rings (SSSR count). The van der Waals surface area contributed by atoms with Crippen molar-refractivity contribution in [3.05, 3.63) is 34.9 Å². The topological polar surface area (TPSA) is 52.7 Å². The van der Waals surface area contributed by atoms with Crippen LogP contribution in [0.4, 0.5) is 0 Å². The standard InChI is InChI=1S/C18H26ClN3O2/c1-2-3-10-22(18(24)15-5-4-6-16(19)14-15)11-7-17(23)21-12-8-20-9-13-21/h4-6,14,20H,2-3,7-13H2,1H3. The van der Waals surface area contributed by atoms with E-state index in [1.165, 1.54) is 0 Å². The number of piperazine rings is 1. The number of rotatable bonds is 7. The van der Waals surface area contributed by atoms with E-state index in [4.69, 9.17) is 11.6 Å². The van der Waals surface area contributed by atoms with Crippen LogP contribution in [0.25, 0.3) is 0 Å². The van der Waals surface area contributed by atoms with Gasteiger partial charge >= 0.3 is 0 Å². The van der Waals surface area contributed by atoms with Crippen molar-refractivity contribution >= 4 is 23.4 Å². The first kappa shape index (κ1) is 18.7. The van der Waals surface area contributed by atoms with Crippen LogP contribution in [0.3, 0.4) is 0 Å². The number of amides is 2. The summed E-state index contributed by atoms with van der Waals surface area (Å²) in [4.78, 5) is 28.7. The third-order valence-corrected chi connectivity index (χ3v) is 4.44. The highest BCUT2D eigenvalue weighted by Gasteiger charge is 2.20. The molecule has 1 N–H and O–H groups in total. The van der Waals surface area contributed by atoms with Gasteiger partial charge in [0.25, 0.3) is 5.91 Å². The fourth-order valence-corrected chi connectivity index (χ4v) is 2.96. The molecule has 1 aliphatic heterocycles. The van der Waals surface area contributed by atoms with E-state index in [0.29, 0.717) is 30.1 Å². The Hall–Kier alpha value is -1.59. The summed E-state index contributed by atoms with van der Waals surface area (Å²) in [6.45, 7) is 6.38. The smallest absolute Gasteiger partial charge is 0.253 e. The summed E-state index contributed by atoms with van der Waals surface area (Å²) in [5.74, 6) is 0.0657. The summed E-state index contributed by atoms with van der Waals surface area (Å²) in [7, 11) is 0. The number of nitrogens with one attached hydrogen (secondary N) is 1. The Bertz CT molecular complexity index is 559. The average Bonchev–Trinajstić information content (AvgIpc) is 2.62. The molecule has 0 unspecified atom stereocenters. The highest BCUT2D eigenvalue weighted by molar-refractivity contribution is 6.30. The van der Waals surface area contributed by atoms with E-state index in [-0.39, 0.29) is 11.8 Å².